The Kier molecular flexibility index (Phi) is 13.5. The average molecular weight is 503 g/mol. The second kappa shape index (κ2) is 15.0. The Morgan fingerprint density at radius 1 is 1.18 bits per heavy atom. The zero-order chi connectivity index (χ0) is 19.3. The molecule has 0 amide bonds. The van der Waals surface area contributed by atoms with Gasteiger partial charge in [-0.3, -0.25) is 9.89 Å². The van der Waals surface area contributed by atoms with Crippen LogP contribution in [0, 0.1) is 0 Å². The number of aliphatic imine (C=N–C) groups is 1. The Hall–Kier alpha value is -0.900. The van der Waals surface area contributed by atoms with Gasteiger partial charge in [0.15, 0.2) is 5.96 Å². The lowest BCUT2D eigenvalue weighted by Crippen LogP contribution is -2.47. The summed E-state index contributed by atoms with van der Waals surface area (Å²) in [6.45, 7) is 9.92. The molecule has 1 fully saturated rings. The zero-order valence-corrected chi connectivity index (χ0v) is 20.0. The third-order valence-corrected chi connectivity index (χ3v) is 4.91. The molecule has 1 aliphatic rings. The van der Waals surface area contributed by atoms with Crippen LogP contribution < -0.4 is 10.6 Å². The number of benzene rings is 1. The summed E-state index contributed by atoms with van der Waals surface area (Å²) in [5.41, 5.74) is 1.42. The van der Waals surface area contributed by atoms with Crippen LogP contribution in [0.5, 0.6) is 0 Å². The molecule has 0 saturated carbocycles. The van der Waals surface area contributed by atoms with Crippen molar-refractivity contribution in [3.8, 4) is 0 Å². The van der Waals surface area contributed by atoms with E-state index < -0.39 is 0 Å². The molecule has 1 unspecified atom stereocenters. The maximum absolute atomic E-state index is 5.08. The van der Waals surface area contributed by atoms with E-state index in [0.717, 1.165) is 71.2 Å². The second-order valence-corrected chi connectivity index (χ2v) is 7.11. The summed E-state index contributed by atoms with van der Waals surface area (Å²) >= 11 is 0. The first kappa shape index (κ1) is 25.1. The van der Waals surface area contributed by atoms with Crippen molar-refractivity contribution in [1.29, 1.82) is 0 Å². The highest BCUT2D eigenvalue weighted by Gasteiger charge is 2.25. The fraction of sp³-hybridized carbons (Fsp3) is 0.667. The largest absolute Gasteiger partial charge is 0.385 e. The molecule has 160 valence electrons. The van der Waals surface area contributed by atoms with Crippen molar-refractivity contribution in [1.82, 2.24) is 20.4 Å². The molecular formula is C21H38IN5O. The SMILES string of the molecule is CCNC(=NCCCOC)NCCCN1CCN(C)CC1c1ccccc1.I. The third kappa shape index (κ3) is 9.07. The maximum atomic E-state index is 5.08. The van der Waals surface area contributed by atoms with Crippen LogP contribution >= 0.6 is 24.0 Å². The van der Waals surface area contributed by atoms with E-state index in [2.05, 4.69) is 69.7 Å². The van der Waals surface area contributed by atoms with Crippen LogP contribution in [-0.2, 0) is 4.74 Å². The Morgan fingerprint density at radius 2 is 1.96 bits per heavy atom. The molecule has 1 atom stereocenters. The smallest absolute Gasteiger partial charge is 0.191 e. The van der Waals surface area contributed by atoms with E-state index >= 15 is 0 Å². The minimum absolute atomic E-state index is 0. The molecule has 0 spiro atoms. The van der Waals surface area contributed by atoms with Crippen LogP contribution in [0.2, 0.25) is 0 Å². The number of methoxy groups -OCH3 is 1. The van der Waals surface area contributed by atoms with E-state index in [9.17, 15) is 0 Å². The number of hydrogen-bond acceptors (Lipinski definition) is 4. The fourth-order valence-corrected chi connectivity index (χ4v) is 3.45. The molecule has 1 aromatic carbocycles. The van der Waals surface area contributed by atoms with Gasteiger partial charge in [-0.1, -0.05) is 30.3 Å². The maximum Gasteiger partial charge on any atom is 0.191 e. The van der Waals surface area contributed by atoms with Crippen molar-refractivity contribution in [2.24, 2.45) is 4.99 Å². The summed E-state index contributed by atoms with van der Waals surface area (Å²) in [6.07, 6.45) is 2.06. The molecule has 0 radical (unpaired) electrons. The van der Waals surface area contributed by atoms with Gasteiger partial charge in [-0.2, -0.15) is 0 Å². The van der Waals surface area contributed by atoms with Gasteiger partial charge in [0, 0.05) is 65.6 Å². The lowest BCUT2D eigenvalue weighted by Gasteiger charge is -2.40. The molecule has 1 aliphatic heterocycles. The highest BCUT2D eigenvalue weighted by atomic mass is 127. The molecular weight excluding hydrogens is 465 g/mol. The molecule has 6 nitrogen and oxygen atoms in total. The Morgan fingerprint density at radius 3 is 2.68 bits per heavy atom. The summed E-state index contributed by atoms with van der Waals surface area (Å²) in [4.78, 5) is 9.66. The Labute approximate surface area is 188 Å². The monoisotopic (exact) mass is 503 g/mol. The molecule has 0 bridgehead atoms. The van der Waals surface area contributed by atoms with Gasteiger partial charge in [-0.15, -0.1) is 24.0 Å². The Bertz CT molecular complexity index is 543. The summed E-state index contributed by atoms with van der Waals surface area (Å²) in [5, 5.41) is 6.78. The Balaban J connectivity index is 0.00000392. The third-order valence-electron chi connectivity index (χ3n) is 4.91. The van der Waals surface area contributed by atoms with E-state index in [1.54, 1.807) is 7.11 Å². The number of piperazine rings is 1. The topological polar surface area (TPSA) is 52.1 Å². The van der Waals surface area contributed by atoms with E-state index in [4.69, 9.17) is 4.74 Å². The highest BCUT2D eigenvalue weighted by Crippen LogP contribution is 2.24. The van der Waals surface area contributed by atoms with Gasteiger partial charge in [-0.05, 0) is 32.4 Å². The molecule has 0 aromatic heterocycles. The minimum Gasteiger partial charge on any atom is -0.385 e. The standard InChI is InChI=1S/C21H37N5O.HI/c1-4-22-21(24-13-9-17-27-3)23-12-8-14-26-16-15-25(2)18-20(26)19-10-6-5-7-11-19;/h5-7,10-11,20H,4,8-9,12-18H2,1-3H3,(H2,22,23,24);1H. The molecule has 1 saturated heterocycles. The average Bonchev–Trinajstić information content (AvgIpc) is 2.70. The zero-order valence-electron chi connectivity index (χ0n) is 17.7. The minimum atomic E-state index is 0. The number of halogens is 1. The number of likely N-dealkylation sites (N-methyl/N-ethyl adjacent to an activating group) is 1. The van der Waals surface area contributed by atoms with Crippen LogP contribution in [0.4, 0.5) is 0 Å². The van der Waals surface area contributed by atoms with Crippen molar-refractivity contribution >= 4 is 29.9 Å². The number of rotatable bonds is 10. The number of nitrogens with one attached hydrogen (secondary N) is 2. The van der Waals surface area contributed by atoms with Gasteiger partial charge in [0.05, 0.1) is 0 Å². The molecule has 7 heteroatoms. The summed E-state index contributed by atoms with van der Waals surface area (Å²) < 4.78 is 5.08. The van der Waals surface area contributed by atoms with Gasteiger partial charge >= 0.3 is 0 Å². The van der Waals surface area contributed by atoms with E-state index in [0.29, 0.717) is 6.04 Å². The predicted octanol–water partition coefficient (Wildman–Crippen LogP) is 2.57. The van der Waals surface area contributed by atoms with Gasteiger partial charge in [-0.25, -0.2) is 0 Å². The lowest BCUT2D eigenvalue weighted by molar-refractivity contribution is 0.0891. The number of guanidine groups is 1. The summed E-state index contributed by atoms with van der Waals surface area (Å²) in [6, 6.07) is 11.4. The predicted molar refractivity (Wildman–Crippen MR) is 129 cm³/mol. The van der Waals surface area contributed by atoms with Crippen LogP contribution in [0.15, 0.2) is 35.3 Å². The van der Waals surface area contributed by atoms with Crippen LogP contribution in [0.3, 0.4) is 0 Å². The van der Waals surface area contributed by atoms with Crippen molar-refractivity contribution in [2.75, 3.05) is 66.6 Å². The van der Waals surface area contributed by atoms with Crippen LogP contribution in [0.25, 0.3) is 0 Å². The first-order valence-corrected chi connectivity index (χ1v) is 10.2. The van der Waals surface area contributed by atoms with Gasteiger partial charge < -0.3 is 20.3 Å². The first-order chi connectivity index (χ1) is 13.2. The van der Waals surface area contributed by atoms with Crippen LogP contribution in [0.1, 0.15) is 31.4 Å². The second-order valence-electron chi connectivity index (χ2n) is 7.11. The van der Waals surface area contributed by atoms with Crippen molar-refractivity contribution < 1.29 is 4.74 Å². The van der Waals surface area contributed by atoms with Crippen molar-refractivity contribution in [3.05, 3.63) is 35.9 Å². The van der Waals surface area contributed by atoms with Crippen molar-refractivity contribution in [2.45, 2.75) is 25.8 Å². The van der Waals surface area contributed by atoms with E-state index in [1.165, 1.54) is 5.56 Å². The van der Waals surface area contributed by atoms with Crippen molar-refractivity contribution in [3.63, 3.8) is 0 Å². The number of hydrogen-bond donors (Lipinski definition) is 2. The van der Waals surface area contributed by atoms with Gasteiger partial charge in [0.1, 0.15) is 0 Å². The van der Waals surface area contributed by atoms with Gasteiger partial charge in [0.25, 0.3) is 0 Å². The quantitative estimate of drug-likeness (QED) is 0.223. The molecule has 1 heterocycles. The normalized spacial score (nSPS) is 18.5. The summed E-state index contributed by atoms with van der Waals surface area (Å²) in [5.74, 6) is 0.909. The lowest BCUT2D eigenvalue weighted by atomic mass is 10.0. The first-order valence-electron chi connectivity index (χ1n) is 10.2. The summed E-state index contributed by atoms with van der Waals surface area (Å²) in [7, 11) is 3.95. The fourth-order valence-electron chi connectivity index (χ4n) is 3.45. The molecule has 0 aliphatic carbocycles. The molecule has 2 N–H and O–H groups in total. The highest BCUT2D eigenvalue weighted by molar-refractivity contribution is 14.0. The van der Waals surface area contributed by atoms with Gasteiger partial charge in [0.2, 0.25) is 0 Å². The molecule has 2 rings (SSSR count). The van der Waals surface area contributed by atoms with E-state index in [1.807, 2.05) is 0 Å². The van der Waals surface area contributed by atoms with Crippen LogP contribution in [-0.4, -0.2) is 82.3 Å². The van der Waals surface area contributed by atoms with E-state index in [-0.39, 0.29) is 24.0 Å². The number of ether oxygens (including phenoxy) is 1. The molecule has 1 aromatic rings. The number of nitrogens with zero attached hydrogens (tertiary/aromatic N) is 3. The molecule has 28 heavy (non-hydrogen) atoms.